The Morgan fingerprint density at radius 3 is 2.82 bits per heavy atom. The molecule has 0 radical (unpaired) electrons. The Labute approximate surface area is 191 Å². The number of nitrogen functional groups attached to an aromatic ring is 1. The van der Waals surface area contributed by atoms with Crippen molar-refractivity contribution in [2.45, 2.75) is 18.6 Å². The van der Waals surface area contributed by atoms with E-state index in [2.05, 4.69) is 22.2 Å². The van der Waals surface area contributed by atoms with E-state index in [1.807, 2.05) is 42.3 Å². The van der Waals surface area contributed by atoms with E-state index in [4.69, 9.17) is 5.73 Å². The third-order valence-corrected chi connectivity index (χ3v) is 5.82. The molecule has 4 rings (SSSR count). The number of nitrogens with zero attached hydrogens (tertiary/aromatic N) is 2. The lowest BCUT2D eigenvalue weighted by atomic mass is 10.0. The van der Waals surface area contributed by atoms with Crippen molar-refractivity contribution in [1.29, 1.82) is 0 Å². The Morgan fingerprint density at radius 1 is 1.24 bits per heavy atom. The van der Waals surface area contributed by atoms with Crippen LogP contribution < -0.4 is 16.4 Å². The van der Waals surface area contributed by atoms with Gasteiger partial charge in [-0.25, -0.2) is 9.37 Å². The number of carbonyl (C=O) groups excluding carboxylic acids is 2. The van der Waals surface area contributed by atoms with Crippen LogP contribution in [0.1, 0.15) is 16.9 Å². The number of aromatic nitrogens is 1. The molecule has 1 aliphatic rings. The number of rotatable bonds is 5. The third-order valence-electron chi connectivity index (χ3n) is 5.82. The predicted molar refractivity (Wildman–Crippen MR) is 129 cm³/mol. The average Bonchev–Trinajstić information content (AvgIpc) is 2.81. The molecule has 7 nitrogen and oxygen atoms in total. The van der Waals surface area contributed by atoms with Crippen LogP contribution in [0.4, 0.5) is 15.8 Å². The van der Waals surface area contributed by atoms with Gasteiger partial charge >= 0.3 is 0 Å². The Bertz CT molecular complexity index is 1230. The molecular weight excluding hydrogens is 421 g/mol. The summed E-state index contributed by atoms with van der Waals surface area (Å²) in [4.78, 5) is 31.1. The average molecular weight is 448 g/mol. The zero-order valence-electron chi connectivity index (χ0n) is 18.3. The van der Waals surface area contributed by atoms with Crippen LogP contribution in [-0.4, -0.2) is 54.0 Å². The molecule has 2 atom stereocenters. The van der Waals surface area contributed by atoms with E-state index in [0.717, 1.165) is 16.3 Å². The highest BCUT2D eigenvalue weighted by Gasteiger charge is 2.29. The van der Waals surface area contributed by atoms with Crippen molar-refractivity contribution < 1.29 is 14.0 Å². The Kier molecular flexibility index (Phi) is 6.37. The van der Waals surface area contributed by atoms with Gasteiger partial charge in [0.05, 0.1) is 17.4 Å². The van der Waals surface area contributed by atoms with E-state index in [1.165, 1.54) is 6.08 Å². The van der Waals surface area contributed by atoms with E-state index in [9.17, 15) is 14.0 Å². The van der Waals surface area contributed by atoms with Crippen molar-refractivity contribution in [2.24, 2.45) is 0 Å². The second kappa shape index (κ2) is 9.38. The molecule has 2 aromatic carbocycles. The number of fused-ring (bicyclic) bond motifs is 1. The van der Waals surface area contributed by atoms with Gasteiger partial charge in [-0.2, -0.15) is 0 Å². The van der Waals surface area contributed by atoms with Crippen molar-refractivity contribution in [3.63, 3.8) is 0 Å². The molecule has 0 bridgehead atoms. The molecule has 8 heteroatoms. The van der Waals surface area contributed by atoms with Crippen LogP contribution in [0.3, 0.4) is 0 Å². The maximum absolute atomic E-state index is 14.4. The molecule has 170 valence electrons. The van der Waals surface area contributed by atoms with Crippen molar-refractivity contribution >= 4 is 34.0 Å². The molecule has 2 amide bonds. The highest BCUT2D eigenvalue weighted by molar-refractivity contribution is 6.06. The minimum atomic E-state index is -1.15. The summed E-state index contributed by atoms with van der Waals surface area (Å²) in [5.41, 5.74) is 8.25. The molecule has 1 fully saturated rings. The molecule has 2 heterocycles. The molecule has 0 saturated carbocycles. The van der Waals surface area contributed by atoms with Crippen molar-refractivity contribution in [3.05, 3.63) is 66.9 Å². The van der Waals surface area contributed by atoms with Crippen LogP contribution in [0.25, 0.3) is 22.0 Å². The number of anilines is 2. The monoisotopic (exact) mass is 447 g/mol. The van der Waals surface area contributed by atoms with Gasteiger partial charge in [0.2, 0.25) is 5.91 Å². The smallest absolute Gasteiger partial charge is 0.272 e. The predicted octanol–water partition coefficient (Wildman–Crippen LogP) is 3.38. The summed E-state index contributed by atoms with van der Waals surface area (Å²) in [5, 5.41) is 7.31. The molecule has 4 N–H and O–H groups in total. The molecule has 0 spiro atoms. The van der Waals surface area contributed by atoms with Crippen molar-refractivity contribution in [2.75, 3.05) is 31.2 Å². The molecule has 1 aromatic heterocycles. The number of nitrogens with two attached hydrogens (primary N) is 1. The molecular formula is C25H26FN5O2. The fraction of sp³-hybridized carbons (Fsp3) is 0.240. The lowest BCUT2D eigenvalue weighted by Crippen LogP contribution is -2.51. The standard InChI is InChI=1S/C25H26FN5O2/c1-3-23(32)28-21-6-4-5-15-7-8-16(13-17(15)21)20-10-9-19(27)24(29-20)25(33)30-22-11-12-31(2)14-18(22)26/h3-10,13,18,22H,1,11-12,14,27H2,2H3,(H,28,32)(H,30,33)/t18-,22+/m1/s1. The first-order chi connectivity index (χ1) is 15.9. The first-order valence-electron chi connectivity index (χ1n) is 10.7. The summed E-state index contributed by atoms with van der Waals surface area (Å²) in [6.45, 7) is 4.47. The van der Waals surface area contributed by atoms with E-state index in [-0.39, 0.29) is 23.8 Å². The minimum absolute atomic E-state index is 0.0620. The molecule has 0 aliphatic carbocycles. The molecule has 33 heavy (non-hydrogen) atoms. The summed E-state index contributed by atoms with van der Waals surface area (Å²) in [6.07, 6.45) is 0.579. The minimum Gasteiger partial charge on any atom is -0.397 e. The number of likely N-dealkylation sites (tertiary alicyclic amines) is 1. The topological polar surface area (TPSA) is 100 Å². The van der Waals surface area contributed by atoms with Crippen molar-refractivity contribution in [3.8, 4) is 11.3 Å². The van der Waals surface area contributed by atoms with Crippen LogP contribution in [0.5, 0.6) is 0 Å². The van der Waals surface area contributed by atoms with Crippen molar-refractivity contribution in [1.82, 2.24) is 15.2 Å². The number of carbonyl (C=O) groups is 2. The van der Waals surface area contributed by atoms with Gasteiger partial charge in [-0.3, -0.25) is 9.59 Å². The quantitative estimate of drug-likeness (QED) is 0.521. The summed E-state index contributed by atoms with van der Waals surface area (Å²) < 4.78 is 14.4. The highest BCUT2D eigenvalue weighted by atomic mass is 19.1. The van der Waals surface area contributed by atoms with E-state index in [0.29, 0.717) is 24.3 Å². The Hall–Kier alpha value is -3.78. The Morgan fingerprint density at radius 2 is 2.06 bits per heavy atom. The number of hydrogen-bond acceptors (Lipinski definition) is 5. The molecule has 1 aliphatic heterocycles. The van der Waals surface area contributed by atoms with E-state index in [1.54, 1.807) is 18.2 Å². The molecule has 1 saturated heterocycles. The number of piperidine rings is 1. The van der Waals surface area contributed by atoms with Gasteiger partial charge in [0.1, 0.15) is 6.17 Å². The lowest BCUT2D eigenvalue weighted by Gasteiger charge is -2.32. The first-order valence-corrected chi connectivity index (χ1v) is 10.7. The van der Waals surface area contributed by atoms with Gasteiger partial charge in [-0.05, 0) is 49.2 Å². The number of nitrogens with one attached hydrogen (secondary N) is 2. The zero-order chi connectivity index (χ0) is 23.5. The fourth-order valence-corrected chi connectivity index (χ4v) is 3.99. The number of hydrogen-bond donors (Lipinski definition) is 3. The van der Waals surface area contributed by atoms with Gasteiger partial charge in [-0.1, -0.05) is 30.8 Å². The summed E-state index contributed by atoms with van der Waals surface area (Å²) >= 11 is 0. The maximum Gasteiger partial charge on any atom is 0.272 e. The second-order valence-corrected chi connectivity index (χ2v) is 8.22. The number of benzene rings is 2. The number of pyridine rings is 1. The molecule has 3 aromatic rings. The maximum atomic E-state index is 14.4. The summed E-state index contributed by atoms with van der Waals surface area (Å²) in [6, 6.07) is 14.1. The first kappa shape index (κ1) is 22.4. The third kappa shape index (κ3) is 4.85. The second-order valence-electron chi connectivity index (χ2n) is 8.22. The van der Waals surface area contributed by atoms with Crippen LogP contribution in [0.2, 0.25) is 0 Å². The molecule has 0 unspecified atom stereocenters. The SMILES string of the molecule is C=CC(=O)Nc1cccc2ccc(-c3ccc(N)c(C(=O)N[C@H]4CCN(C)C[C@H]4F)n3)cc12. The van der Waals surface area contributed by atoms with Crippen LogP contribution in [0.15, 0.2) is 61.2 Å². The van der Waals surface area contributed by atoms with E-state index >= 15 is 0 Å². The van der Waals surface area contributed by atoms with Gasteiger partial charge in [0.25, 0.3) is 5.91 Å². The van der Waals surface area contributed by atoms with Crippen LogP contribution >= 0.6 is 0 Å². The van der Waals surface area contributed by atoms with Crippen LogP contribution in [-0.2, 0) is 4.79 Å². The normalized spacial score (nSPS) is 18.6. The zero-order valence-corrected chi connectivity index (χ0v) is 18.3. The highest BCUT2D eigenvalue weighted by Crippen LogP contribution is 2.29. The number of amides is 2. The number of alkyl halides is 1. The lowest BCUT2D eigenvalue weighted by molar-refractivity contribution is -0.111. The fourth-order valence-electron chi connectivity index (χ4n) is 3.99. The largest absolute Gasteiger partial charge is 0.397 e. The van der Waals surface area contributed by atoms with Gasteiger partial charge < -0.3 is 21.3 Å². The van der Waals surface area contributed by atoms with Gasteiger partial charge in [0.15, 0.2) is 5.69 Å². The van der Waals surface area contributed by atoms with Crippen LogP contribution in [0, 0.1) is 0 Å². The Balaban J connectivity index is 1.64. The van der Waals surface area contributed by atoms with Gasteiger partial charge in [-0.15, -0.1) is 0 Å². The van der Waals surface area contributed by atoms with Gasteiger partial charge in [0, 0.05) is 29.7 Å². The summed E-state index contributed by atoms with van der Waals surface area (Å²) in [5.74, 6) is -0.802. The summed E-state index contributed by atoms with van der Waals surface area (Å²) in [7, 11) is 1.85. The number of halogens is 1. The van der Waals surface area contributed by atoms with E-state index < -0.39 is 18.1 Å².